The predicted octanol–water partition coefficient (Wildman–Crippen LogP) is 0.762. The van der Waals surface area contributed by atoms with Crippen molar-refractivity contribution in [3.8, 4) is 17.2 Å². The third kappa shape index (κ3) is 2.02. The number of anilines is 1. The molecule has 0 aliphatic rings. The van der Waals surface area contributed by atoms with Crippen molar-refractivity contribution < 1.29 is 20.1 Å². The molecule has 5 heteroatoms. The largest absolute Gasteiger partial charge is 0.508 e. The van der Waals surface area contributed by atoms with Gasteiger partial charge in [-0.1, -0.05) is 0 Å². The zero-order chi connectivity index (χ0) is 10.0. The van der Waals surface area contributed by atoms with E-state index in [0.717, 1.165) is 12.1 Å². The van der Waals surface area contributed by atoms with Crippen LogP contribution in [0.3, 0.4) is 0 Å². The van der Waals surface area contributed by atoms with Crippen LogP contribution in [0.2, 0.25) is 0 Å². The first-order chi connectivity index (χ1) is 6.00. The van der Waals surface area contributed by atoms with E-state index in [1.807, 2.05) is 0 Å². The van der Waals surface area contributed by atoms with Crippen LogP contribution in [0.15, 0.2) is 12.1 Å². The summed E-state index contributed by atoms with van der Waals surface area (Å²) in [7, 11) is 0. The van der Waals surface area contributed by atoms with Crippen molar-refractivity contribution in [2.75, 3.05) is 5.32 Å². The van der Waals surface area contributed by atoms with Gasteiger partial charge in [0.25, 0.3) is 0 Å². The molecular weight excluding hydrogens is 174 g/mol. The number of rotatable bonds is 1. The summed E-state index contributed by atoms with van der Waals surface area (Å²) in [6.07, 6.45) is 0. The Morgan fingerprint density at radius 2 is 1.69 bits per heavy atom. The van der Waals surface area contributed by atoms with Crippen molar-refractivity contribution in [1.82, 2.24) is 0 Å². The van der Waals surface area contributed by atoms with Crippen LogP contribution in [0.5, 0.6) is 17.2 Å². The first kappa shape index (κ1) is 9.18. The highest BCUT2D eigenvalue weighted by atomic mass is 16.3. The van der Waals surface area contributed by atoms with Gasteiger partial charge in [0.15, 0.2) is 0 Å². The van der Waals surface area contributed by atoms with Crippen LogP contribution < -0.4 is 5.32 Å². The van der Waals surface area contributed by atoms with E-state index in [2.05, 4.69) is 5.32 Å². The average molecular weight is 183 g/mol. The van der Waals surface area contributed by atoms with Crippen LogP contribution in [-0.4, -0.2) is 21.2 Å². The lowest BCUT2D eigenvalue weighted by Crippen LogP contribution is -2.05. The van der Waals surface area contributed by atoms with Crippen LogP contribution >= 0.6 is 0 Å². The van der Waals surface area contributed by atoms with E-state index in [1.54, 1.807) is 0 Å². The number of benzene rings is 1. The predicted molar refractivity (Wildman–Crippen MR) is 45.7 cm³/mol. The number of phenolic OH excluding ortho intramolecular Hbond substituents is 3. The minimum atomic E-state index is -0.420. The van der Waals surface area contributed by atoms with Gasteiger partial charge in [0.1, 0.15) is 22.9 Å². The quantitative estimate of drug-likeness (QED) is 0.382. The zero-order valence-corrected chi connectivity index (χ0v) is 6.90. The fraction of sp³-hybridized carbons (Fsp3) is 0.125. The maximum Gasteiger partial charge on any atom is 0.221 e. The Hall–Kier alpha value is -1.91. The zero-order valence-electron chi connectivity index (χ0n) is 6.90. The molecule has 0 spiro atoms. The Labute approximate surface area is 74.3 Å². The van der Waals surface area contributed by atoms with Gasteiger partial charge in [0, 0.05) is 19.1 Å². The fourth-order valence-electron chi connectivity index (χ4n) is 0.901. The van der Waals surface area contributed by atoms with E-state index in [1.165, 1.54) is 6.92 Å². The maximum atomic E-state index is 10.6. The van der Waals surface area contributed by atoms with E-state index >= 15 is 0 Å². The monoisotopic (exact) mass is 183 g/mol. The van der Waals surface area contributed by atoms with Gasteiger partial charge >= 0.3 is 0 Å². The normalized spacial score (nSPS) is 9.62. The Bertz CT molecular complexity index is 325. The standard InChI is InChI=1S/C8H9NO4/c1-4(10)9-8-6(12)2-5(11)3-7(8)13/h2-3,11-13H,1H3,(H,9,10). The van der Waals surface area contributed by atoms with E-state index in [9.17, 15) is 15.0 Å². The highest BCUT2D eigenvalue weighted by molar-refractivity contribution is 5.92. The Morgan fingerprint density at radius 1 is 1.23 bits per heavy atom. The van der Waals surface area contributed by atoms with E-state index in [0.29, 0.717) is 0 Å². The molecule has 4 N–H and O–H groups in total. The lowest BCUT2D eigenvalue weighted by Gasteiger charge is -2.07. The molecular formula is C8H9NO4. The number of hydrogen-bond donors (Lipinski definition) is 4. The summed E-state index contributed by atoms with van der Waals surface area (Å²) < 4.78 is 0. The third-order valence-electron chi connectivity index (χ3n) is 1.38. The number of aromatic hydroxyl groups is 3. The minimum Gasteiger partial charge on any atom is -0.508 e. The lowest BCUT2D eigenvalue weighted by atomic mass is 10.2. The molecule has 0 aromatic heterocycles. The van der Waals surface area contributed by atoms with Crippen molar-refractivity contribution in [1.29, 1.82) is 0 Å². The molecule has 13 heavy (non-hydrogen) atoms. The molecule has 0 bridgehead atoms. The van der Waals surface area contributed by atoms with Crippen LogP contribution in [-0.2, 0) is 4.79 Å². The van der Waals surface area contributed by atoms with E-state index in [4.69, 9.17) is 5.11 Å². The maximum absolute atomic E-state index is 10.6. The number of hydrogen-bond acceptors (Lipinski definition) is 4. The third-order valence-corrected chi connectivity index (χ3v) is 1.38. The van der Waals surface area contributed by atoms with Crippen molar-refractivity contribution >= 4 is 11.6 Å². The van der Waals surface area contributed by atoms with Crippen molar-refractivity contribution in [2.24, 2.45) is 0 Å². The van der Waals surface area contributed by atoms with Gasteiger partial charge in [0.05, 0.1) is 0 Å². The van der Waals surface area contributed by atoms with Gasteiger partial charge in [-0.25, -0.2) is 0 Å². The van der Waals surface area contributed by atoms with Gasteiger partial charge < -0.3 is 20.6 Å². The van der Waals surface area contributed by atoms with Crippen LogP contribution in [0.1, 0.15) is 6.92 Å². The first-order valence-corrected chi connectivity index (χ1v) is 3.53. The Balaban J connectivity index is 3.13. The second kappa shape index (κ2) is 3.22. The van der Waals surface area contributed by atoms with Gasteiger partial charge in [0.2, 0.25) is 5.91 Å². The molecule has 0 saturated heterocycles. The second-order valence-electron chi connectivity index (χ2n) is 2.54. The van der Waals surface area contributed by atoms with Crippen LogP contribution in [0.25, 0.3) is 0 Å². The molecule has 0 fully saturated rings. The second-order valence-corrected chi connectivity index (χ2v) is 2.54. The smallest absolute Gasteiger partial charge is 0.221 e. The molecule has 1 aromatic rings. The summed E-state index contributed by atoms with van der Waals surface area (Å²) in [5, 5.41) is 29.5. The number of amides is 1. The number of nitrogens with one attached hydrogen (secondary N) is 1. The molecule has 0 atom stereocenters. The molecule has 70 valence electrons. The molecule has 5 nitrogen and oxygen atoms in total. The van der Waals surface area contributed by atoms with Gasteiger partial charge in [-0.3, -0.25) is 4.79 Å². The number of phenols is 3. The van der Waals surface area contributed by atoms with Gasteiger partial charge in [-0.2, -0.15) is 0 Å². The highest BCUT2D eigenvalue weighted by Crippen LogP contribution is 2.36. The van der Waals surface area contributed by atoms with Crippen molar-refractivity contribution in [3.05, 3.63) is 12.1 Å². The summed E-state index contributed by atoms with van der Waals surface area (Å²) in [6, 6.07) is 2.04. The highest BCUT2D eigenvalue weighted by Gasteiger charge is 2.10. The molecule has 0 heterocycles. The molecule has 0 aliphatic heterocycles. The molecule has 1 aromatic carbocycles. The topological polar surface area (TPSA) is 89.8 Å². The van der Waals surface area contributed by atoms with E-state index < -0.39 is 5.91 Å². The van der Waals surface area contributed by atoms with E-state index in [-0.39, 0.29) is 22.9 Å². The van der Waals surface area contributed by atoms with Gasteiger partial charge in [-0.15, -0.1) is 0 Å². The van der Waals surface area contributed by atoms with Crippen LogP contribution in [0, 0.1) is 0 Å². The summed E-state index contributed by atoms with van der Waals surface area (Å²) >= 11 is 0. The summed E-state index contributed by atoms with van der Waals surface area (Å²) in [6.45, 7) is 1.24. The fourth-order valence-corrected chi connectivity index (χ4v) is 0.901. The summed E-state index contributed by atoms with van der Waals surface area (Å²) in [5.41, 5.74) is -0.106. The molecule has 1 rings (SSSR count). The lowest BCUT2D eigenvalue weighted by molar-refractivity contribution is -0.114. The first-order valence-electron chi connectivity index (χ1n) is 3.53. The molecule has 0 aliphatic carbocycles. The van der Waals surface area contributed by atoms with Crippen molar-refractivity contribution in [3.63, 3.8) is 0 Å². The number of carbonyl (C=O) groups is 1. The number of carbonyl (C=O) groups excluding carboxylic acids is 1. The van der Waals surface area contributed by atoms with Gasteiger partial charge in [-0.05, 0) is 0 Å². The molecule has 0 radical (unpaired) electrons. The van der Waals surface area contributed by atoms with Crippen molar-refractivity contribution in [2.45, 2.75) is 6.92 Å². The molecule has 1 amide bonds. The van der Waals surface area contributed by atoms with Crippen LogP contribution in [0.4, 0.5) is 5.69 Å². The Kier molecular flexibility index (Phi) is 2.27. The summed E-state index contributed by atoms with van der Waals surface area (Å²) in [5.74, 6) is -1.46. The molecule has 0 unspecified atom stereocenters. The Morgan fingerprint density at radius 3 is 2.08 bits per heavy atom. The molecule has 0 saturated carbocycles. The average Bonchev–Trinajstić information content (AvgIpc) is 1.96. The minimum absolute atomic E-state index is 0.106. The summed E-state index contributed by atoms with van der Waals surface area (Å²) in [4.78, 5) is 10.6. The SMILES string of the molecule is CC(=O)Nc1c(O)cc(O)cc1O.